The van der Waals surface area contributed by atoms with Crippen LogP contribution in [0.25, 0.3) is 5.57 Å². The second-order valence-corrected chi connectivity index (χ2v) is 3.30. The van der Waals surface area contributed by atoms with Crippen LogP contribution in [0.1, 0.15) is 18.1 Å². The predicted molar refractivity (Wildman–Crippen MR) is 53.7 cm³/mol. The minimum absolute atomic E-state index is 0.119. The molecule has 0 spiro atoms. The molecule has 1 rings (SSSR count). The summed E-state index contributed by atoms with van der Waals surface area (Å²) in [6.07, 6.45) is 0. The van der Waals surface area contributed by atoms with Gasteiger partial charge in [0.05, 0.1) is 5.56 Å². The summed E-state index contributed by atoms with van der Waals surface area (Å²) in [6, 6.07) is 3.54. The molecule has 0 saturated carbocycles. The van der Waals surface area contributed by atoms with Crippen LogP contribution >= 0.6 is 23.2 Å². The number of rotatable bonds is 1. The van der Waals surface area contributed by atoms with Gasteiger partial charge < -0.3 is 0 Å². The molecule has 1 heterocycles. The van der Waals surface area contributed by atoms with Crippen molar-refractivity contribution in [3.63, 3.8) is 0 Å². The summed E-state index contributed by atoms with van der Waals surface area (Å²) in [5.74, 6) is 0. The Morgan fingerprint density at radius 1 is 1.62 bits per heavy atom. The lowest BCUT2D eigenvalue weighted by Gasteiger charge is -2.04. The van der Waals surface area contributed by atoms with Crippen LogP contribution in [-0.2, 0) is 0 Å². The molecular formula is C9H6Cl2N2. The second kappa shape index (κ2) is 3.78. The van der Waals surface area contributed by atoms with Crippen molar-refractivity contribution in [2.75, 3.05) is 0 Å². The monoisotopic (exact) mass is 212 g/mol. The minimum atomic E-state index is 0.119. The molecule has 0 saturated heterocycles. The van der Waals surface area contributed by atoms with Gasteiger partial charge in [0, 0.05) is 5.56 Å². The molecule has 1 aromatic rings. The molecule has 0 aromatic carbocycles. The molecule has 0 radical (unpaired) electrons. The Labute approximate surface area is 86.4 Å². The van der Waals surface area contributed by atoms with Gasteiger partial charge in [-0.2, -0.15) is 5.26 Å². The maximum Gasteiger partial charge on any atom is 0.149 e. The van der Waals surface area contributed by atoms with Gasteiger partial charge in [0.2, 0.25) is 0 Å². The van der Waals surface area contributed by atoms with E-state index in [2.05, 4.69) is 11.6 Å². The molecule has 4 heteroatoms. The van der Waals surface area contributed by atoms with Crippen molar-refractivity contribution >= 4 is 28.8 Å². The fourth-order valence-electron chi connectivity index (χ4n) is 0.927. The fraction of sp³-hybridized carbons (Fsp3) is 0.111. The highest BCUT2D eigenvalue weighted by Gasteiger charge is 2.10. The minimum Gasteiger partial charge on any atom is -0.223 e. The lowest BCUT2D eigenvalue weighted by molar-refractivity contribution is 1.28. The summed E-state index contributed by atoms with van der Waals surface area (Å²) in [4.78, 5) is 3.75. The van der Waals surface area contributed by atoms with Gasteiger partial charge in [-0.15, -0.1) is 0 Å². The number of aromatic nitrogens is 1. The van der Waals surface area contributed by atoms with E-state index >= 15 is 0 Å². The highest BCUT2D eigenvalue weighted by atomic mass is 35.5. The SMILES string of the molecule is C=C(C)c1cc(Cl)nc(Cl)c1C#N. The molecule has 0 aliphatic rings. The molecule has 0 unspecified atom stereocenters. The van der Waals surface area contributed by atoms with E-state index in [0.717, 1.165) is 5.57 Å². The summed E-state index contributed by atoms with van der Waals surface area (Å²) in [5, 5.41) is 9.16. The van der Waals surface area contributed by atoms with Crippen LogP contribution in [0.5, 0.6) is 0 Å². The molecule has 1 aromatic heterocycles. The quantitative estimate of drug-likeness (QED) is 0.671. The smallest absolute Gasteiger partial charge is 0.149 e. The number of hydrogen-bond acceptors (Lipinski definition) is 2. The van der Waals surface area contributed by atoms with E-state index in [9.17, 15) is 0 Å². The summed E-state index contributed by atoms with van der Waals surface area (Å²) in [7, 11) is 0. The maximum absolute atomic E-state index is 8.78. The van der Waals surface area contributed by atoms with Crippen molar-refractivity contribution in [1.82, 2.24) is 4.98 Å². The van der Waals surface area contributed by atoms with Gasteiger partial charge >= 0.3 is 0 Å². The van der Waals surface area contributed by atoms with Gasteiger partial charge in [-0.05, 0) is 18.6 Å². The van der Waals surface area contributed by atoms with Crippen molar-refractivity contribution in [2.45, 2.75) is 6.92 Å². The van der Waals surface area contributed by atoms with Crippen LogP contribution in [0.3, 0.4) is 0 Å². The molecule has 0 atom stereocenters. The fourth-order valence-corrected chi connectivity index (χ4v) is 1.40. The highest BCUT2D eigenvalue weighted by Crippen LogP contribution is 2.25. The molecule has 2 nitrogen and oxygen atoms in total. The third-order valence-corrected chi connectivity index (χ3v) is 1.98. The Balaban J connectivity index is 3.50. The highest BCUT2D eigenvalue weighted by molar-refractivity contribution is 6.33. The van der Waals surface area contributed by atoms with Crippen LogP contribution in [-0.4, -0.2) is 4.98 Å². The Kier molecular flexibility index (Phi) is 2.92. The Bertz CT molecular complexity index is 405. The lowest BCUT2D eigenvalue weighted by Crippen LogP contribution is -1.91. The Hall–Kier alpha value is -1.04. The molecule has 0 bridgehead atoms. The normalized spacial score (nSPS) is 9.38. The van der Waals surface area contributed by atoms with Crippen molar-refractivity contribution in [2.24, 2.45) is 0 Å². The summed E-state index contributed by atoms with van der Waals surface area (Å²) in [6.45, 7) is 5.50. The Morgan fingerprint density at radius 2 is 2.23 bits per heavy atom. The number of nitriles is 1. The maximum atomic E-state index is 8.78. The second-order valence-electron chi connectivity index (χ2n) is 2.55. The van der Waals surface area contributed by atoms with Crippen LogP contribution < -0.4 is 0 Å². The molecule has 0 N–H and O–H groups in total. The molecule has 0 fully saturated rings. The molecule has 66 valence electrons. The third kappa shape index (κ3) is 2.00. The van der Waals surface area contributed by atoms with Crippen LogP contribution in [0.15, 0.2) is 12.6 Å². The average molecular weight is 213 g/mol. The molecule has 13 heavy (non-hydrogen) atoms. The van der Waals surface area contributed by atoms with E-state index in [4.69, 9.17) is 28.5 Å². The zero-order valence-electron chi connectivity index (χ0n) is 6.93. The average Bonchev–Trinajstić information content (AvgIpc) is 2.02. The third-order valence-electron chi connectivity index (χ3n) is 1.52. The zero-order valence-corrected chi connectivity index (χ0v) is 8.45. The first kappa shape index (κ1) is 10.0. The van der Waals surface area contributed by atoms with Crippen LogP contribution in [0.2, 0.25) is 10.3 Å². The first-order valence-corrected chi connectivity index (χ1v) is 4.24. The molecule has 0 aliphatic heterocycles. The van der Waals surface area contributed by atoms with Gasteiger partial charge in [-0.25, -0.2) is 4.98 Å². The number of halogens is 2. The van der Waals surface area contributed by atoms with E-state index in [1.165, 1.54) is 0 Å². The van der Waals surface area contributed by atoms with Crippen molar-refractivity contribution < 1.29 is 0 Å². The first-order valence-electron chi connectivity index (χ1n) is 3.48. The van der Waals surface area contributed by atoms with Gasteiger partial charge in [-0.1, -0.05) is 29.8 Å². The van der Waals surface area contributed by atoms with Gasteiger partial charge in [0.1, 0.15) is 16.4 Å². The van der Waals surface area contributed by atoms with Crippen LogP contribution in [0, 0.1) is 11.3 Å². The van der Waals surface area contributed by atoms with E-state index in [1.807, 2.05) is 6.07 Å². The lowest BCUT2D eigenvalue weighted by atomic mass is 10.1. The number of allylic oxidation sites excluding steroid dienone is 1. The van der Waals surface area contributed by atoms with Gasteiger partial charge in [0.15, 0.2) is 0 Å². The van der Waals surface area contributed by atoms with Crippen molar-refractivity contribution in [3.05, 3.63) is 34.1 Å². The van der Waals surface area contributed by atoms with Crippen molar-refractivity contribution in [1.29, 1.82) is 5.26 Å². The largest absolute Gasteiger partial charge is 0.223 e. The van der Waals surface area contributed by atoms with Crippen LogP contribution in [0.4, 0.5) is 0 Å². The van der Waals surface area contributed by atoms with Gasteiger partial charge in [0.25, 0.3) is 0 Å². The number of hydrogen-bond donors (Lipinski definition) is 0. The predicted octanol–water partition coefficient (Wildman–Crippen LogP) is 3.29. The van der Waals surface area contributed by atoms with E-state index in [0.29, 0.717) is 11.1 Å². The molecular weight excluding hydrogens is 207 g/mol. The zero-order chi connectivity index (χ0) is 10.0. The van der Waals surface area contributed by atoms with E-state index in [1.54, 1.807) is 13.0 Å². The van der Waals surface area contributed by atoms with E-state index in [-0.39, 0.29) is 10.3 Å². The molecule has 0 aliphatic carbocycles. The van der Waals surface area contributed by atoms with Crippen molar-refractivity contribution in [3.8, 4) is 6.07 Å². The summed E-state index contributed by atoms with van der Waals surface area (Å²) < 4.78 is 0. The number of nitrogens with zero attached hydrogens (tertiary/aromatic N) is 2. The van der Waals surface area contributed by atoms with Gasteiger partial charge in [-0.3, -0.25) is 0 Å². The standard InChI is InChI=1S/C9H6Cl2N2/c1-5(2)6-3-8(10)13-9(11)7(6)4-12/h3H,1H2,2H3. The number of pyridine rings is 1. The summed E-state index contributed by atoms with van der Waals surface area (Å²) in [5.41, 5.74) is 1.70. The Morgan fingerprint density at radius 3 is 2.69 bits per heavy atom. The topological polar surface area (TPSA) is 36.7 Å². The summed E-state index contributed by atoms with van der Waals surface area (Å²) >= 11 is 11.4. The first-order chi connectivity index (χ1) is 6.06. The van der Waals surface area contributed by atoms with E-state index < -0.39 is 0 Å². The molecule has 0 amide bonds.